The van der Waals surface area contributed by atoms with Gasteiger partial charge in [-0.2, -0.15) is 0 Å². The number of esters is 1. The third-order valence-corrected chi connectivity index (χ3v) is 6.19. The molecule has 0 radical (unpaired) electrons. The Morgan fingerprint density at radius 3 is 2.13 bits per heavy atom. The molecule has 1 fully saturated rings. The fourth-order valence-electron chi connectivity index (χ4n) is 4.81. The zero-order chi connectivity index (χ0) is 21.0. The molecule has 2 aromatic rings. The minimum Gasteiger partial charge on any atom is -0.493 e. The first-order valence-corrected chi connectivity index (χ1v) is 9.65. The summed E-state index contributed by atoms with van der Waals surface area (Å²) >= 11 is 0. The number of aliphatic hydroxyl groups is 1. The number of aliphatic hydroxyl groups excluding tert-OH is 1. The average Bonchev–Trinajstić information content (AvgIpc) is 3.38. The van der Waals surface area contributed by atoms with Crippen LogP contribution in [0.25, 0.3) is 0 Å². The fraction of sp³-hybridized carbons (Fsp3) is 0.409. The van der Waals surface area contributed by atoms with Crippen molar-refractivity contribution in [2.45, 2.75) is 12.0 Å². The molecule has 8 nitrogen and oxygen atoms in total. The van der Waals surface area contributed by atoms with Gasteiger partial charge in [0, 0.05) is 11.8 Å². The zero-order valence-electron chi connectivity index (χ0n) is 16.8. The van der Waals surface area contributed by atoms with E-state index < -0.39 is 12.0 Å². The monoisotopic (exact) mass is 414 g/mol. The lowest BCUT2D eigenvalue weighted by molar-refractivity contribution is -0.141. The molecule has 1 saturated heterocycles. The van der Waals surface area contributed by atoms with Crippen LogP contribution in [-0.2, 0) is 9.53 Å². The number of methoxy groups -OCH3 is 3. The first kappa shape index (κ1) is 18.9. The van der Waals surface area contributed by atoms with E-state index in [0.29, 0.717) is 34.3 Å². The van der Waals surface area contributed by atoms with Gasteiger partial charge in [0.15, 0.2) is 23.0 Å². The average molecular weight is 414 g/mol. The third kappa shape index (κ3) is 2.60. The van der Waals surface area contributed by atoms with E-state index in [0.717, 1.165) is 11.1 Å². The Labute approximate surface area is 173 Å². The van der Waals surface area contributed by atoms with Crippen LogP contribution in [0.5, 0.6) is 28.7 Å². The van der Waals surface area contributed by atoms with Gasteiger partial charge in [-0.25, -0.2) is 0 Å². The summed E-state index contributed by atoms with van der Waals surface area (Å²) in [5.74, 6) is 0.989. The minimum absolute atomic E-state index is 0.123. The molecule has 0 amide bonds. The fourth-order valence-corrected chi connectivity index (χ4v) is 4.81. The number of hydrogen-bond acceptors (Lipinski definition) is 8. The van der Waals surface area contributed by atoms with Gasteiger partial charge in [-0.15, -0.1) is 0 Å². The maximum Gasteiger partial charge on any atom is 0.310 e. The number of cyclic esters (lactones) is 1. The lowest BCUT2D eigenvalue weighted by Crippen LogP contribution is -2.34. The molecule has 3 aliphatic rings. The summed E-state index contributed by atoms with van der Waals surface area (Å²) in [6.45, 7) is 0.289. The number of hydrogen-bond donors (Lipinski definition) is 1. The molecule has 4 atom stereocenters. The van der Waals surface area contributed by atoms with E-state index in [2.05, 4.69) is 0 Å². The number of carbonyl (C=O) groups excluding carboxylic acids is 1. The molecule has 2 unspecified atom stereocenters. The van der Waals surface area contributed by atoms with Crippen molar-refractivity contribution in [2.24, 2.45) is 11.8 Å². The maximum absolute atomic E-state index is 12.7. The molecular formula is C22H22O8. The van der Waals surface area contributed by atoms with Gasteiger partial charge in [0.25, 0.3) is 0 Å². The number of rotatable bonds is 4. The van der Waals surface area contributed by atoms with E-state index in [1.54, 1.807) is 20.3 Å². The molecule has 0 spiro atoms. The molecule has 0 bridgehead atoms. The summed E-state index contributed by atoms with van der Waals surface area (Å²) in [6.07, 6.45) is -0.843. The Kier molecular flexibility index (Phi) is 4.39. The number of ether oxygens (including phenoxy) is 6. The SMILES string of the molecule is COc1cc([C@H]2c3cc4c(cc3[C@@H](O)C3COC(=O)C32)OCO4)cc(OC)c1OC. The lowest BCUT2D eigenvalue weighted by atomic mass is 9.66. The number of carbonyl (C=O) groups is 1. The van der Waals surface area contributed by atoms with Crippen molar-refractivity contribution in [3.8, 4) is 28.7 Å². The topological polar surface area (TPSA) is 92.7 Å². The second-order valence-corrected chi connectivity index (χ2v) is 7.54. The Morgan fingerprint density at radius 2 is 1.53 bits per heavy atom. The van der Waals surface area contributed by atoms with Crippen molar-refractivity contribution in [3.05, 3.63) is 41.0 Å². The Hall–Kier alpha value is -3.13. The van der Waals surface area contributed by atoms with Gasteiger partial charge < -0.3 is 33.5 Å². The van der Waals surface area contributed by atoms with Crippen LogP contribution in [0.1, 0.15) is 28.7 Å². The molecule has 30 heavy (non-hydrogen) atoms. The molecule has 5 rings (SSSR count). The van der Waals surface area contributed by atoms with Crippen LogP contribution in [-0.4, -0.2) is 45.8 Å². The molecule has 1 aliphatic carbocycles. The van der Waals surface area contributed by atoms with Crippen LogP contribution in [0.15, 0.2) is 24.3 Å². The van der Waals surface area contributed by atoms with Crippen molar-refractivity contribution in [1.82, 2.24) is 0 Å². The normalized spacial score (nSPS) is 25.9. The lowest BCUT2D eigenvalue weighted by Gasteiger charge is -2.37. The van der Waals surface area contributed by atoms with Crippen molar-refractivity contribution in [1.29, 1.82) is 0 Å². The van der Waals surface area contributed by atoms with E-state index in [1.165, 1.54) is 7.11 Å². The molecule has 1 N–H and O–H groups in total. The highest BCUT2D eigenvalue weighted by molar-refractivity contribution is 5.79. The highest BCUT2D eigenvalue weighted by Crippen LogP contribution is 2.55. The zero-order valence-corrected chi connectivity index (χ0v) is 16.8. The van der Waals surface area contributed by atoms with Gasteiger partial charge in [0.1, 0.15) is 0 Å². The summed E-state index contributed by atoms with van der Waals surface area (Å²) in [4.78, 5) is 12.7. The van der Waals surface area contributed by atoms with E-state index in [4.69, 9.17) is 28.4 Å². The standard InChI is InChI=1S/C22H22O8/c1-25-16-4-10(5-17(26-2)21(16)27-3)18-11-6-14-15(30-9-29-14)7-12(11)20(23)13-8-28-22(24)19(13)18/h4-7,13,18-20,23H,8-9H2,1-3H3/t13?,18-,19?,20+/m0/s1. The summed E-state index contributed by atoms with van der Waals surface area (Å²) in [5, 5.41) is 11.0. The van der Waals surface area contributed by atoms with Crippen molar-refractivity contribution in [2.75, 3.05) is 34.7 Å². The second kappa shape index (κ2) is 6.98. The quantitative estimate of drug-likeness (QED) is 0.763. The molecule has 2 aliphatic heterocycles. The molecule has 0 saturated carbocycles. The summed E-state index contributed by atoms with van der Waals surface area (Å²) in [7, 11) is 4.63. The molecule has 158 valence electrons. The summed E-state index contributed by atoms with van der Waals surface area (Å²) < 4.78 is 32.9. The van der Waals surface area contributed by atoms with E-state index >= 15 is 0 Å². The first-order chi connectivity index (χ1) is 14.6. The van der Waals surface area contributed by atoms with Gasteiger partial charge in [0.05, 0.1) is 40.0 Å². The Morgan fingerprint density at radius 1 is 0.900 bits per heavy atom. The first-order valence-electron chi connectivity index (χ1n) is 9.65. The predicted molar refractivity (Wildman–Crippen MR) is 103 cm³/mol. The molecule has 0 aromatic heterocycles. The highest BCUT2D eigenvalue weighted by Gasteiger charge is 2.52. The predicted octanol–water partition coefficient (Wildman–Crippen LogP) is 2.41. The maximum atomic E-state index is 12.7. The third-order valence-electron chi connectivity index (χ3n) is 6.19. The molecule has 8 heteroatoms. The van der Waals surface area contributed by atoms with Gasteiger partial charge in [0.2, 0.25) is 12.5 Å². The summed E-state index contributed by atoms with van der Waals surface area (Å²) in [5.41, 5.74) is 2.30. The Bertz CT molecular complexity index is 991. The summed E-state index contributed by atoms with van der Waals surface area (Å²) in [6, 6.07) is 7.31. The minimum atomic E-state index is -0.843. The molecular weight excluding hydrogens is 392 g/mol. The van der Waals surface area contributed by atoms with Gasteiger partial charge >= 0.3 is 5.97 Å². The smallest absolute Gasteiger partial charge is 0.310 e. The van der Waals surface area contributed by atoms with Crippen LogP contribution in [0, 0.1) is 11.8 Å². The van der Waals surface area contributed by atoms with Crippen LogP contribution in [0.2, 0.25) is 0 Å². The largest absolute Gasteiger partial charge is 0.493 e. The van der Waals surface area contributed by atoms with Crippen LogP contribution in [0.3, 0.4) is 0 Å². The van der Waals surface area contributed by atoms with Crippen LogP contribution < -0.4 is 23.7 Å². The van der Waals surface area contributed by atoms with Gasteiger partial charge in [-0.05, 0) is 41.0 Å². The number of benzene rings is 2. The molecule has 2 aromatic carbocycles. The van der Waals surface area contributed by atoms with Crippen molar-refractivity contribution in [3.63, 3.8) is 0 Å². The van der Waals surface area contributed by atoms with Crippen LogP contribution >= 0.6 is 0 Å². The highest BCUT2D eigenvalue weighted by atomic mass is 16.7. The van der Waals surface area contributed by atoms with Crippen LogP contribution in [0.4, 0.5) is 0 Å². The van der Waals surface area contributed by atoms with Gasteiger partial charge in [-0.1, -0.05) is 0 Å². The van der Waals surface area contributed by atoms with Crippen molar-refractivity contribution < 1.29 is 38.3 Å². The second-order valence-electron chi connectivity index (χ2n) is 7.54. The van der Waals surface area contributed by atoms with E-state index in [1.807, 2.05) is 18.2 Å². The molecule has 2 heterocycles. The van der Waals surface area contributed by atoms with E-state index in [-0.39, 0.29) is 31.2 Å². The van der Waals surface area contributed by atoms with E-state index in [9.17, 15) is 9.90 Å². The van der Waals surface area contributed by atoms with Gasteiger partial charge in [-0.3, -0.25) is 4.79 Å². The Balaban J connectivity index is 1.74. The number of fused-ring (bicyclic) bond motifs is 3. The van der Waals surface area contributed by atoms with Crippen molar-refractivity contribution >= 4 is 5.97 Å².